The van der Waals surface area contributed by atoms with Gasteiger partial charge in [0.1, 0.15) is 5.54 Å². The van der Waals surface area contributed by atoms with E-state index in [1.165, 1.54) is 11.1 Å². The van der Waals surface area contributed by atoms with Crippen molar-refractivity contribution in [2.24, 2.45) is 0 Å². The van der Waals surface area contributed by atoms with Crippen molar-refractivity contribution in [3.63, 3.8) is 0 Å². The van der Waals surface area contributed by atoms with Gasteiger partial charge in [0.2, 0.25) is 5.91 Å². The third-order valence-corrected chi connectivity index (χ3v) is 6.37. The van der Waals surface area contributed by atoms with Crippen LogP contribution >= 0.6 is 24.8 Å². The Hall–Kier alpha value is -1.33. The summed E-state index contributed by atoms with van der Waals surface area (Å²) in [7, 11) is 0. The molecule has 0 spiro atoms. The molecule has 1 aromatic rings. The van der Waals surface area contributed by atoms with Crippen LogP contribution in [-0.2, 0) is 17.6 Å². The quantitative estimate of drug-likeness (QED) is 0.781. The van der Waals surface area contributed by atoms with Gasteiger partial charge in [-0.25, -0.2) is 0 Å². The smallest absolute Gasteiger partial charge is 0.241 e. The van der Waals surface area contributed by atoms with E-state index in [1.807, 2.05) is 0 Å². The number of carbonyl (C=O) groups excluding carboxylic acids is 1. The predicted octanol–water partition coefficient (Wildman–Crippen LogP) is 3.05. The van der Waals surface area contributed by atoms with E-state index in [4.69, 9.17) is 0 Å². The second-order valence-electron chi connectivity index (χ2n) is 7.85. The highest BCUT2D eigenvalue weighted by Crippen LogP contribution is 2.36. The van der Waals surface area contributed by atoms with Crippen molar-refractivity contribution in [1.29, 1.82) is 0 Å². The monoisotopic (exact) mass is 423 g/mol. The highest BCUT2D eigenvalue weighted by atomic mass is 35.5. The van der Waals surface area contributed by atoms with E-state index in [-0.39, 0.29) is 36.3 Å². The molecule has 2 aliphatic carbocycles. The van der Waals surface area contributed by atoms with E-state index in [1.54, 1.807) is 0 Å². The van der Waals surface area contributed by atoms with E-state index >= 15 is 0 Å². The van der Waals surface area contributed by atoms with Crippen LogP contribution in [0.1, 0.15) is 30.9 Å². The molecule has 0 saturated carbocycles. The van der Waals surface area contributed by atoms with Crippen LogP contribution in [0.4, 0.5) is 0 Å². The van der Waals surface area contributed by atoms with Crippen molar-refractivity contribution in [2.45, 2.75) is 43.7 Å². The minimum atomic E-state index is -0.455. The SMILES string of the molecule is CC[C@@]1(NC(=O)C2(N3CCNCC3)Cc3ccccc3C2)C=CC=CC1.Cl.Cl. The van der Waals surface area contributed by atoms with Crippen molar-refractivity contribution < 1.29 is 4.79 Å². The molecule has 1 aliphatic heterocycles. The first kappa shape index (κ1) is 23.0. The van der Waals surface area contributed by atoms with Gasteiger partial charge in [-0.05, 0) is 24.0 Å². The van der Waals surface area contributed by atoms with E-state index < -0.39 is 5.54 Å². The Morgan fingerprint density at radius 1 is 1.11 bits per heavy atom. The Bertz CT molecular complexity index is 718. The Labute approximate surface area is 180 Å². The molecule has 3 aliphatic rings. The van der Waals surface area contributed by atoms with Gasteiger partial charge in [0.05, 0.1) is 5.54 Å². The standard InChI is InChI=1S/C22H29N3O.2ClH/c1-2-21(10-6-3-7-11-21)24-20(26)22(25-14-12-23-13-15-25)16-18-8-4-5-9-19(18)17-22;;/h3-10,23H,2,11-17H2,1H3,(H,24,26);2*1H/t21-;;/m1../s1. The van der Waals surface area contributed by atoms with Gasteiger partial charge in [-0.15, -0.1) is 24.8 Å². The van der Waals surface area contributed by atoms with Crippen molar-refractivity contribution in [3.05, 3.63) is 59.7 Å². The molecule has 1 saturated heterocycles. The first-order chi connectivity index (χ1) is 12.7. The fraction of sp³-hybridized carbons (Fsp3) is 0.500. The fourth-order valence-electron chi connectivity index (χ4n) is 4.67. The van der Waals surface area contributed by atoms with Gasteiger partial charge < -0.3 is 10.6 Å². The summed E-state index contributed by atoms with van der Waals surface area (Å²) in [5.74, 6) is 0.192. The maximum atomic E-state index is 13.7. The molecule has 0 unspecified atom stereocenters. The largest absolute Gasteiger partial charge is 0.345 e. The fourth-order valence-corrected chi connectivity index (χ4v) is 4.67. The summed E-state index contributed by atoms with van der Waals surface area (Å²) in [6.07, 6.45) is 11.9. The molecule has 4 rings (SSSR count). The third kappa shape index (κ3) is 4.16. The molecule has 0 bridgehead atoms. The van der Waals surface area contributed by atoms with E-state index in [0.29, 0.717) is 0 Å². The Balaban J connectivity index is 0.00000140. The average Bonchev–Trinajstić information content (AvgIpc) is 3.10. The van der Waals surface area contributed by atoms with E-state index in [2.05, 4.69) is 71.0 Å². The van der Waals surface area contributed by atoms with Crippen LogP contribution < -0.4 is 10.6 Å². The number of carbonyl (C=O) groups is 1. The summed E-state index contributed by atoms with van der Waals surface area (Å²) in [6, 6.07) is 8.55. The van der Waals surface area contributed by atoms with E-state index in [9.17, 15) is 4.79 Å². The Kier molecular flexibility index (Phi) is 7.74. The van der Waals surface area contributed by atoms with Crippen molar-refractivity contribution in [1.82, 2.24) is 15.5 Å². The summed E-state index contributed by atoms with van der Waals surface area (Å²) in [6.45, 7) is 5.91. The second-order valence-corrected chi connectivity index (χ2v) is 7.85. The number of allylic oxidation sites excluding steroid dienone is 2. The summed E-state index contributed by atoms with van der Waals surface area (Å²) >= 11 is 0. The number of halogens is 2. The summed E-state index contributed by atoms with van der Waals surface area (Å²) in [4.78, 5) is 16.2. The third-order valence-electron chi connectivity index (χ3n) is 6.37. The number of rotatable bonds is 4. The van der Waals surface area contributed by atoms with Gasteiger partial charge in [-0.3, -0.25) is 9.69 Å². The number of benzene rings is 1. The molecule has 1 atom stereocenters. The zero-order chi connectivity index (χ0) is 18.0. The lowest BCUT2D eigenvalue weighted by Gasteiger charge is -2.44. The lowest BCUT2D eigenvalue weighted by atomic mass is 9.85. The molecule has 4 nitrogen and oxygen atoms in total. The van der Waals surface area contributed by atoms with Gasteiger partial charge in [-0.1, -0.05) is 55.5 Å². The molecule has 154 valence electrons. The first-order valence-corrected chi connectivity index (χ1v) is 9.87. The van der Waals surface area contributed by atoms with Crippen LogP contribution in [0.15, 0.2) is 48.6 Å². The van der Waals surface area contributed by atoms with Gasteiger partial charge in [0.25, 0.3) is 0 Å². The van der Waals surface area contributed by atoms with E-state index in [0.717, 1.165) is 51.9 Å². The van der Waals surface area contributed by atoms with Crippen LogP contribution in [0.3, 0.4) is 0 Å². The van der Waals surface area contributed by atoms with Gasteiger partial charge in [0.15, 0.2) is 0 Å². The molecule has 1 fully saturated rings. The molecule has 1 amide bonds. The number of amides is 1. The lowest BCUT2D eigenvalue weighted by Crippen LogP contribution is -2.66. The molecule has 1 heterocycles. The number of nitrogens with one attached hydrogen (secondary N) is 2. The molecular formula is C22H31Cl2N3O. The molecule has 1 aromatic carbocycles. The van der Waals surface area contributed by atoms with Crippen LogP contribution in [0, 0.1) is 0 Å². The average molecular weight is 424 g/mol. The van der Waals surface area contributed by atoms with Crippen molar-refractivity contribution in [3.8, 4) is 0 Å². The van der Waals surface area contributed by atoms with Gasteiger partial charge in [-0.2, -0.15) is 0 Å². The molecule has 28 heavy (non-hydrogen) atoms. The van der Waals surface area contributed by atoms with Crippen molar-refractivity contribution in [2.75, 3.05) is 26.2 Å². The summed E-state index contributed by atoms with van der Waals surface area (Å²) in [5.41, 5.74) is 1.95. The maximum Gasteiger partial charge on any atom is 0.241 e. The molecular weight excluding hydrogens is 393 g/mol. The zero-order valence-electron chi connectivity index (χ0n) is 16.4. The zero-order valence-corrected chi connectivity index (χ0v) is 18.1. The van der Waals surface area contributed by atoms with Gasteiger partial charge in [0, 0.05) is 39.0 Å². The number of nitrogens with zero attached hydrogens (tertiary/aromatic N) is 1. The molecule has 2 N–H and O–H groups in total. The van der Waals surface area contributed by atoms with Gasteiger partial charge >= 0.3 is 0 Å². The Morgan fingerprint density at radius 3 is 2.29 bits per heavy atom. The summed E-state index contributed by atoms with van der Waals surface area (Å²) in [5, 5.41) is 6.88. The Morgan fingerprint density at radius 2 is 1.75 bits per heavy atom. The highest BCUT2D eigenvalue weighted by molar-refractivity contribution is 5.89. The number of piperazine rings is 1. The normalized spacial score (nSPS) is 25.3. The minimum absolute atomic E-state index is 0. The van der Waals surface area contributed by atoms with Crippen LogP contribution in [0.5, 0.6) is 0 Å². The van der Waals surface area contributed by atoms with Crippen LogP contribution in [0.2, 0.25) is 0 Å². The topological polar surface area (TPSA) is 44.4 Å². The molecule has 0 radical (unpaired) electrons. The van der Waals surface area contributed by atoms with Crippen LogP contribution in [-0.4, -0.2) is 48.1 Å². The minimum Gasteiger partial charge on any atom is -0.345 e. The lowest BCUT2D eigenvalue weighted by molar-refractivity contribution is -0.135. The number of hydrogen-bond donors (Lipinski definition) is 2. The number of hydrogen-bond acceptors (Lipinski definition) is 3. The number of fused-ring (bicyclic) bond motifs is 1. The maximum absolute atomic E-state index is 13.7. The predicted molar refractivity (Wildman–Crippen MR) is 120 cm³/mol. The summed E-state index contributed by atoms with van der Waals surface area (Å²) < 4.78 is 0. The first-order valence-electron chi connectivity index (χ1n) is 9.87. The second kappa shape index (κ2) is 9.45. The van der Waals surface area contributed by atoms with Crippen molar-refractivity contribution >= 4 is 30.7 Å². The van der Waals surface area contributed by atoms with Crippen LogP contribution in [0.25, 0.3) is 0 Å². The molecule has 0 aromatic heterocycles. The molecule has 6 heteroatoms. The highest BCUT2D eigenvalue weighted by Gasteiger charge is 2.49.